The largest absolute Gasteiger partial charge is 0.465 e. The predicted octanol–water partition coefficient (Wildman–Crippen LogP) is 4.36. The Kier molecular flexibility index (Phi) is 7.47. The Labute approximate surface area is 246 Å². The lowest BCUT2D eigenvalue weighted by Gasteiger charge is -2.37. The van der Waals surface area contributed by atoms with Gasteiger partial charge in [0.15, 0.2) is 11.6 Å². The summed E-state index contributed by atoms with van der Waals surface area (Å²) in [6, 6.07) is 8.20. The van der Waals surface area contributed by atoms with Crippen molar-refractivity contribution in [1.29, 1.82) is 5.26 Å². The Morgan fingerprint density at radius 3 is 2.65 bits per heavy atom. The number of rotatable bonds is 6. The zero-order valence-electron chi connectivity index (χ0n) is 23.2. The number of hydrogen-bond acceptors (Lipinski definition) is 8. The van der Waals surface area contributed by atoms with Gasteiger partial charge in [-0.2, -0.15) is 5.26 Å². The fourth-order valence-electron chi connectivity index (χ4n) is 6.30. The highest BCUT2D eigenvalue weighted by Gasteiger charge is 2.44. The van der Waals surface area contributed by atoms with Crippen LogP contribution in [0.25, 0.3) is 10.9 Å². The van der Waals surface area contributed by atoms with Crippen molar-refractivity contribution >= 4 is 32.7 Å². The summed E-state index contributed by atoms with van der Waals surface area (Å²) in [4.78, 5) is 30.6. The number of piperidine rings is 1. The first kappa shape index (κ1) is 28.9. The third-order valence-electron chi connectivity index (χ3n) is 8.72. The number of nitriles is 1. The molecule has 0 bridgehead atoms. The molecule has 1 aliphatic carbocycles. The third-order valence-corrected chi connectivity index (χ3v) is 10.6. The number of sulfonamides is 1. The summed E-state index contributed by atoms with van der Waals surface area (Å²) in [6.07, 6.45) is 4.72. The van der Waals surface area contributed by atoms with Gasteiger partial charge in [0.1, 0.15) is 17.4 Å². The molecule has 6 rings (SSSR count). The second-order valence-corrected chi connectivity index (χ2v) is 13.3. The number of nitrogens with zero attached hydrogens (tertiary/aromatic N) is 4. The van der Waals surface area contributed by atoms with E-state index in [1.807, 2.05) is 6.07 Å². The van der Waals surface area contributed by atoms with E-state index in [-0.39, 0.29) is 40.6 Å². The van der Waals surface area contributed by atoms with Gasteiger partial charge in [-0.05, 0) is 62.4 Å². The smallest absolute Gasteiger partial charge is 0.407 e. The van der Waals surface area contributed by atoms with E-state index in [0.717, 1.165) is 18.9 Å². The van der Waals surface area contributed by atoms with E-state index in [0.29, 0.717) is 50.7 Å². The molecule has 2 aliphatic heterocycles. The molecule has 12 nitrogen and oxygen atoms in total. The highest BCUT2D eigenvalue weighted by molar-refractivity contribution is 7.93. The van der Waals surface area contributed by atoms with E-state index in [1.54, 1.807) is 6.07 Å². The van der Waals surface area contributed by atoms with Gasteiger partial charge in [-0.25, -0.2) is 22.6 Å². The van der Waals surface area contributed by atoms with E-state index >= 15 is 0 Å². The summed E-state index contributed by atoms with van der Waals surface area (Å²) in [7, 11) is -3.78. The summed E-state index contributed by atoms with van der Waals surface area (Å²) in [5.74, 6) is -1.27. The highest BCUT2D eigenvalue weighted by atomic mass is 32.2. The fraction of sp³-hybridized carbons (Fsp3) is 0.448. The van der Waals surface area contributed by atoms with E-state index < -0.39 is 38.5 Å². The monoisotopic (exact) mass is 611 g/mol. The molecule has 226 valence electrons. The van der Waals surface area contributed by atoms with Crippen LogP contribution in [0.1, 0.15) is 56.6 Å². The first-order valence-corrected chi connectivity index (χ1v) is 15.7. The van der Waals surface area contributed by atoms with Crippen LogP contribution in [0, 0.1) is 17.1 Å². The summed E-state index contributed by atoms with van der Waals surface area (Å²) in [6.45, 7) is 0.993. The van der Waals surface area contributed by atoms with Gasteiger partial charge in [0.05, 0.1) is 46.4 Å². The molecule has 1 saturated carbocycles. The standard InChI is InChI=1S/C29H30FN5O7S/c30-23-6-8-25(33-43(39,40)20-3-1-2-4-20)22(15-31)26(23)42-19-5-7-24-21(13-19)27(36)35(17-32-24)18-14-29(41-16-18)9-11-34(12-10-29)28(37)38/h5-8,13,17-18,20,33H,1-4,9-12,14,16H2,(H,37,38). The van der Waals surface area contributed by atoms with Gasteiger partial charge in [0.2, 0.25) is 10.0 Å². The van der Waals surface area contributed by atoms with Crippen LogP contribution in [0.15, 0.2) is 41.5 Å². The van der Waals surface area contributed by atoms with Gasteiger partial charge in [-0.15, -0.1) is 0 Å². The number of amides is 1. The van der Waals surface area contributed by atoms with Crippen LogP contribution < -0.4 is 15.0 Å². The van der Waals surface area contributed by atoms with Gasteiger partial charge in [-0.1, -0.05) is 12.8 Å². The lowest BCUT2D eigenvalue weighted by Crippen LogP contribution is -2.46. The number of anilines is 1. The van der Waals surface area contributed by atoms with Crippen molar-refractivity contribution in [3.63, 3.8) is 0 Å². The van der Waals surface area contributed by atoms with Gasteiger partial charge < -0.3 is 19.5 Å². The van der Waals surface area contributed by atoms with Crippen LogP contribution in [0.2, 0.25) is 0 Å². The molecule has 43 heavy (non-hydrogen) atoms. The van der Waals surface area contributed by atoms with Crippen LogP contribution >= 0.6 is 0 Å². The van der Waals surface area contributed by atoms with Gasteiger partial charge in [0.25, 0.3) is 5.56 Å². The van der Waals surface area contributed by atoms with Crippen molar-refractivity contribution in [2.24, 2.45) is 0 Å². The van der Waals surface area contributed by atoms with E-state index in [4.69, 9.17) is 9.47 Å². The average molecular weight is 612 g/mol. The van der Waals surface area contributed by atoms with Crippen molar-refractivity contribution < 1.29 is 32.2 Å². The van der Waals surface area contributed by atoms with Crippen LogP contribution in [-0.4, -0.2) is 64.6 Å². The Morgan fingerprint density at radius 2 is 1.95 bits per heavy atom. The first-order chi connectivity index (χ1) is 20.6. The van der Waals surface area contributed by atoms with Gasteiger partial charge in [-0.3, -0.25) is 14.1 Å². The number of aromatic nitrogens is 2. The lowest BCUT2D eigenvalue weighted by atomic mass is 9.87. The van der Waals surface area contributed by atoms with Crippen molar-refractivity contribution in [3.05, 3.63) is 58.4 Å². The maximum absolute atomic E-state index is 15.0. The topological polar surface area (TPSA) is 164 Å². The molecule has 2 N–H and O–H groups in total. The Bertz CT molecular complexity index is 1790. The molecule has 0 radical (unpaired) electrons. The molecule has 14 heteroatoms. The minimum atomic E-state index is -3.78. The molecule has 1 spiro atoms. The number of benzene rings is 2. The zero-order chi connectivity index (χ0) is 30.4. The van der Waals surface area contributed by atoms with Crippen LogP contribution in [0.4, 0.5) is 14.9 Å². The van der Waals surface area contributed by atoms with Crippen LogP contribution in [-0.2, 0) is 14.8 Å². The van der Waals surface area contributed by atoms with E-state index in [2.05, 4.69) is 9.71 Å². The van der Waals surface area contributed by atoms with Crippen molar-refractivity contribution in [1.82, 2.24) is 14.5 Å². The van der Waals surface area contributed by atoms with Crippen molar-refractivity contribution in [2.75, 3.05) is 24.4 Å². The number of halogens is 1. The summed E-state index contributed by atoms with van der Waals surface area (Å²) in [5.41, 5.74) is -0.877. The molecule has 1 aromatic heterocycles. The van der Waals surface area contributed by atoms with Crippen LogP contribution in [0.3, 0.4) is 0 Å². The molecule has 3 aliphatic rings. The van der Waals surface area contributed by atoms with Crippen molar-refractivity contribution in [3.8, 4) is 17.6 Å². The van der Waals surface area contributed by atoms with Crippen molar-refractivity contribution in [2.45, 2.75) is 61.8 Å². The minimum Gasteiger partial charge on any atom is -0.465 e. The maximum Gasteiger partial charge on any atom is 0.407 e. The summed E-state index contributed by atoms with van der Waals surface area (Å²) >= 11 is 0. The second-order valence-electron chi connectivity index (χ2n) is 11.3. The molecule has 1 atom stereocenters. The predicted molar refractivity (Wildman–Crippen MR) is 153 cm³/mol. The second kappa shape index (κ2) is 11.1. The number of likely N-dealkylation sites (tertiary alicyclic amines) is 1. The molecule has 1 amide bonds. The van der Waals surface area contributed by atoms with E-state index in [1.165, 1.54) is 34.0 Å². The van der Waals surface area contributed by atoms with Crippen LogP contribution in [0.5, 0.6) is 11.5 Å². The van der Waals surface area contributed by atoms with Gasteiger partial charge in [0, 0.05) is 13.1 Å². The number of hydrogen-bond donors (Lipinski definition) is 2. The minimum absolute atomic E-state index is 0.0653. The highest BCUT2D eigenvalue weighted by Crippen LogP contribution is 2.40. The normalized spacial score (nSPS) is 20.4. The molecule has 3 heterocycles. The Balaban J connectivity index is 1.26. The molecule has 3 fully saturated rings. The zero-order valence-corrected chi connectivity index (χ0v) is 24.0. The average Bonchev–Trinajstić information content (AvgIpc) is 3.67. The molecule has 3 aromatic rings. The fourth-order valence-corrected chi connectivity index (χ4v) is 7.89. The number of carboxylic acid groups (broad SMARTS) is 1. The molecular formula is C29H30FN5O7S. The molecule has 2 saturated heterocycles. The number of ether oxygens (including phenoxy) is 2. The SMILES string of the molecule is N#Cc1c(NS(=O)(=O)C2CCCC2)ccc(F)c1Oc1ccc2ncn(C3COC4(CCN(C(=O)O)CC4)C3)c(=O)c2c1. The third kappa shape index (κ3) is 5.50. The molecule has 2 aromatic carbocycles. The molecular weight excluding hydrogens is 581 g/mol. The Hall–Kier alpha value is -4.22. The molecule has 1 unspecified atom stereocenters. The van der Waals surface area contributed by atoms with E-state index in [9.17, 15) is 32.8 Å². The quantitative estimate of drug-likeness (QED) is 0.412. The number of fused-ring (bicyclic) bond motifs is 1. The number of nitrogens with one attached hydrogen (secondary N) is 1. The maximum atomic E-state index is 15.0. The van der Waals surface area contributed by atoms with Gasteiger partial charge >= 0.3 is 6.09 Å². The first-order valence-electron chi connectivity index (χ1n) is 14.1. The lowest BCUT2D eigenvalue weighted by molar-refractivity contribution is -0.0396. The number of carbonyl (C=O) groups is 1. The summed E-state index contributed by atoms with van der Waals surface area (Å²) in [5, 5.41) is 18.7. The Morgan fingerprint density at radius 1 is 1.21 bits per heavy atom. The summed E-state index contributed by atoms with van der Waals surface area (Å²) < 4.78 is 56.5.